The van der Waals surface area contributed by atoms with Crippen molar-refractivity contribution < 1.29 is 9.84 Å². The molecule has 3 nitrogen and oxygen atoms in total. The number of methoxy groups -OCH3 is 1. The van der Waals surface area contributed by atoms with E-state index < -0.39 is 0 Å². The zero-order chi connectivity index (χ0) is 9.14. The molecule has 12 heavy (non-hydrogen) atoms. The van der Waals surface area contributed by atoms with Crippen LogP contribution in [0, 0.1) is 6.07 Å². The van der Waals surface area contributed by atoms with Crippen LogP contribution < -0.4 is 9.64 Å². The molecule has 0 aliphatic heterocycles. The third kappa shape index (κ3) is 1.44. The van der Waals surface area contributed by atoms with E-state index in [-0.39, 0.29) is 5.75 Å². The Hall–Kier alpha value is -1.38. The third-order valence-corrected chi connectivity index (χ3v) is 1.61. The maximum Gasteiger partial charge on any atom is 0.181 e. The van der Waals surface area contributed by atoms with Crippen molar-refractivity contribution in [3.8, 4) is 11.5 Å². The highest BCUT2D eigenvalue weighted by atomic mass is 16.5. The summed E-state index contributed by atoms with van der Waals surface area (Å²) < 4.78 is 4.93. The van der Waals surface area contributed by atoms with Crippen LogP contribution in [0.5, 0.6) is 11.5 Å². The minimum atomic E-state index is 0.154. The van der Waals surface area contributed by atoms with Gasteiger partial charge in [-0.05, 0) is 18.2 Å². The first-order valence-electron chi connectivity index (χ1n) is 3.61. The Balaban J connectivity index is 3.14. The van der Waals surface area contributed by atoms with Crippen LogP contribution in [0.3, 0.4) is 0 Å². The van der Waals surface area contributed by atoms with Crippen molar-refractivity contribution in [2.75, 3.05) is 26.1 Å². The fourth-order valence-electron chi connectivity index (χ4n) is 0.956. The van der Waals surface area contributed by atoms with Crippen LogP contribution in [0.2, 0.25) is 0 Å². The van der Waals surface area contributed by atoms with Gasteiger partial charge in [0.15, 0.2) is 11.5 Å². The lowest BCUT2D eigenvalue weighted by Crippen LogP contribution is -2.08. The fraction of sp³-hybridized carbons (Fsp3) is 0.333. The van der Waals surface area contributed by atoms with Gasteiger partial charge in [0, 0.05) is 14.1 Å². The second-order valence-electron chi connectivity index (χ2n) is 2.65. The lowest BCUT2D eigenvalue weighted by molar-refractivity contribution is 0.374. The first kappa shape index (κ1) is 8.71. The Morgan fingerprint density at radius 1 is 1.42 bits per heavy atom. The molecule has 0 heterocycles. The second kappa shape index (κ2) is 3.34. The molecular weight excluding hydrogens is 154 g/mol. The molecule has 0 saturated heterocycles. The number of phenols is 1. The molecule has 0 aliphatic carbocycles. The van der Waals surface area contributed by atoms with Gasteiger partial charge >= 0.3 is 0 Å². The van der Waals surface area contributed by atoms with Crippen molar-refractivity contribution in [3.63, 3.8) is 0 Å². The molecule has 0 aliphatic rings. The zero-order valence-electron chi connectivity index (χ0n) is 7.46. The standard InChI is InChI=1S/C9H12NO2/c1-10(2)7-5-4-6-8(12-3)9(7)11/h5-6,11H,1-3H3. The number of benzene rings is 1. The maximum absolute atomic E-state index is 9.57. The summed E-state index contributed by atoms with van der Waals surface area (Å²) in [5.74, 6) is 0.599. The number of nitrogens with zero attached hydrogens (tertiary/aromatic N) is 1. The average Bonchev–Trinajstić information content (AvgIpc) is 2.04. The summed E-state index contributed by atoms with van der Waals surface area (Å²) in [5, 5.41) is 9.57. The van der Waals surface area contributed by atoms with E-state index in [0.717, 1.165) is 0 Å². The largest absolute Gasteiger partial charge is 0.503 e. The van der Waals surface area contributed by atoms with Crippen molar-refractivity contribution in [2.45, 2.75) is 0 Å². The molecule has 0 bridgehead atoms. The average molecular weight is 166 g/mol. The molecule has 0 aromatic heterocycles. The quantitative estimate of drug-likeness (QED) is 0.718. The topological polar surface area (TPSA) is 32.7 Å². The van der Waals surface area contributed by atoms with Crippen molar-refractivity contribution in [1.29, 1.82) is 0 Å². The van der Waals surface area contributed by atoms with Crippen LogP contribution in [-0.2, 0) is 0 Å². The second-order valence-corrected chi connectivity index (χ2v) is 2.65. The number of anilines is 1. The van der Waals surface area contributed by atoms with E-state index in [4.69, 9.17) is 4.74 Å². The highest BCUT2D eigenvalue weighted by Crippen LogP contribution is 2.34. The number of ether oxygens (including phenoxy) is 1. The molecule has 1 N–H and O–H groups in total. The van der Waals surface area contributed by atoms with Crippen LogP contribution in [0.15, 0.2) is 12.1 Å². The predicted octanol–water partition coefficient (Wildman–Crippen LogP) is 1.27. The molecule has 0 spiro atoms. The van der Waals surface area contributed by atoms with Crippen LogP contribution in [0.1, 0.15) is 0 Å². The van der Waals surface area contributed by atoms with E-state index in [1.54, 1.807) is 17.0 Å². The van der Waals surface area contributed by atoms with Gasteiger partial charge < -0.3 is 14.7 Å². The molecule has 0 amide bonds. The number of aromatic hydroxyl groups is 1. The van der Waals surface area contributed by atoms with Gasteiger partial charge in [-0.25, -0.2) is 0 Å². The van der Waals surface area contributed by atoms with Crippen molar-refractivity contribution in [1.82, 2.24) is 0 Å². The van der Waals surface area contributed by atoms with E-state index >= 15 is 0 Å². The van der Waals surface area contributed by atoms with E-state index in [9.17, 15) is 5.11 Å². The summed E-state index contributed by atoms with van der Waals surface area (Å²) in [5.41, 5.74) is 0.703. The minimum Gasteiger partial charge on any atom is -0.503 e. The summed E-state index contributed by atoms with van der Waals surface area (Å²) in [6.45, 7) is 0. The van der Waals surface area contributed by atoms with Crippen LogP contribution in [0.4, 0.5) is 5.69 Å². The van der Waals surface area contributed by atoms with Gasteiger partial charge in [0.25, 0.3) is 0 Å². The Labute approximate surface area is 72.2 Å². The first-order valence-corrected chi connectivity index (χ1v) is 3.61. The van der Waals surface area contributed by atoms with Crippen molar-refractivity contribution in [2.24, 2.45) is 0 Å². The first-order chi connectivity index (χ1) is 5.66. The Morgan fingerprint density at radius 3 is 2.58 bits per heavy atom. The van der Waals surface area contributed by atoms with E-state index in [1.807, 2.05) is 14.1 Å². The third-order valence-electron chi connectivity index (χ3n) is 1.61. The molecule has 3 heteroatoms. The normalized spacial score (nSPS) is 9.58. The highest BCUT2D eigenvalue weighted by Gasteiger charge is 2.07. The Kier molecular flexibility index (Phi) is 2.43. The van der Waals surface area contributed by atoms with Gasteiger partial charge in [0.05, 0.1) is 12.8 Å². The smallest absolute Gasteiger partial charge is 0.181 e. The molecular formula is C9H12NO2. The van der Waals surface area contributed by atoms with Gasteiger partial charge in [0.2, 0.25) is 0 Å². The van der Waals surface area contributed by atoms with Crippen LogP contribution >= 0.6 is 0 Å². The Morgan fingerprint density at radius 2 is 2.08 bits per heavy atom. The lowest BCUT2D eigenvalue weighted by Gasteiger charge is -2.15. The molecule has 1 rings (SSSR count). The van der Waals surface area contributed by atoms with Crippen molar-refractivity contribution >= 4 is 5.69 Å². The van der Waals surface area contributed by atoms with Crippen LogP contribution in [-0.4, -0.2) is 26.3 Å². The van der Waals surface area contributed by atoms with E-state index in [2.05, 4.69) is 6.07 Å². The van der Waals surface area contributed by atoms with Gasteiger partial charge in [-0.15, -0.1) is 0 Å². The van der Waals surface area contributed by atoms with E-state index in [1.165, 1.54) is 7.11 Å². The van der Waals surface area contributed by atoms with Gasteiger partial charge in [0.1, 0.15) is 0 Å². The van der Waals surface area contributed by atoms with Gasteiger partial charge in [-0.3, -0.25) is 0 Å². The monoisotopic (exact) mass is 166 g/mol. The minimum absolute atomic E-state index is 0.154. The van der Waals surface area contributed by atoms with Gasteiger partial charge in [-0.2, -0.15) is 0 Å². The molecule has 0 fully saturated rings. The molecule has 1 radical (unpaired) electrons. The summed E-state index contributed by atoms with van der Waals surface area (Å²) in [6, 6.07) is 6.18. The summed E-state index contributed by atoms with van der Waals surface area (Å²) in [6.07, 6.45) is 0. The number of hydrogen-bond donors (Lipinski definition) is 1. The number of phenolic OH excluding ortho intramolecular Hbond substituents is 1. The lowest BCUT2D eigenvalue weighted by atomic mass is 10.2. The Bertz CT molecular complexity index is 271. The highest BCUT2D eigenvalue weighted by molar-refractivity contribution is 5.62. The predicted molar refractivity (Wildman–Crippen MR) is 47.8 cm³/mol. The molecule has 0 saturated carbocycles. The summed E-state index contributed by atoms with van der Waals surface area (Å²) >= 11 is 0. The molecule has 0 unspecified atom stereocenters. The van der Waals surface area contributed by atoms with Crippen LogP contribution in [0.25, 0.3) is 0 Å². The van der Waals surface area contributed by atoms with Crippen molar-refractivity contribution in [3.05, 3.63) is 18.2 Å². The molecule has 1 aromatic rings. The molecule has 0 atom stereocenters. The van der Waals surface area contributed by atoms with E-state index in [0.29, 0.717) is 11.4 Å². The fourth-order valence-corrected chi connectivity index (χ4v) is 0.956. The number of hydrogen-bond acceptors (Lipinski definition) is 3. The molecule has 65 valence electrons. The number of rotatable bonds is 2. The van der Waals surface area contributed by atoms with Gasteiger partial charge in [-0.1, -0.05) is 0 Å². The maximum atomic E-state index is 9.57. The molecule has 1 aromatic carbocycles. The zero-order valence-corrected chi connectivity index (χ0v) is 7.46. The summed E-state index contributed by atoms with van der Waals surface area (Å²) in [7, 11) is 5.22. The SMILES string of the molecule is COc1c[c]cc(N(C)C)c1O. The summed E-state index contributed by atoms with van der Waals surface area (Å²) in [4.78, 5) is 1.80.